The van der Waals surface area contributed by atoms with Gasteiger partial charge in [0, 0.05) is 5.56 Å². The lowest BCUT2D eigenvalue weighted by Gasteiger charge is -2.18. The third-order valence-electron chi connectivity index (χ3n) is 3.42. The molecule has 1 atom stereocenters. The largest absolute Gasteiger partial charge is 0.496 e. The zero-order chi connectivity index (χ0) is 17.7. The number of hydrogen-bond acceptors (Lipinski definition) is 4. The number of carbonyl (C=O) groups is 1. The Labute approximate surface area is 141 Å². The van der Waals surface area contributed by atoms with E-state index in [2.05, 4.69) is 10.0 Å². The van der Waals surface area contributed by atoms with Crippen molar-refractivity contribution in [3.8, 4) is 5.75 Å². The molecule has 24 heavy (non-hydrogen) atoms. The zero-order valence-electron chi connectivity index (χ0n) is 13.7. The topological polar surface area (TPSA) is 84.5 Å². The molecule has 0 unspecified atom stereocenters. The Hall–Kier alpha value is -2.54. The summed E-state index contributed by atoms with van der Waals surface area (Å²) in [6, 6.07) is 13.5. The van der Waals surface area contributed by atoms with E-state index < -0.39 is 10.0 Å². The van der Waals surface area contributed by atoms with E-state index in [1.165, 1.54) is 0 Å². The number of hydrogen-bond donors (Lipinski definition) is 2. The molecule has 0 saturated heterocycles. The Balaban J connectivity index is 2.24. The lowest BCUT2D eigenvalue weighted by molar-refractivity contribution is 0.0940. The van der Waals surface area contributed by atoms with Gasteiger partial charge in [-0.1, -0.05) is 30.3 Å². The Morgan fingerprint density at radius 1 is 1.08 bits per heavy atom. The van der Waals surface area contributed by atoms with Crippen LogP contribution in [0.3, 0.4) is 0 Å². The second-order valence-corrected chi connectivity index (χ2v) is 7.11. The van der Waals surface area contributed by atoms with Gasteiger partial charge in [0.05, 0.1) is 30.7 Å². The van der Waals surface area contributed by atoms with E-state index in [0.29, 0.717) is 5.75 Å². The summed E-state index contributed by atoms with van der Waals surface area (Å²) in [7, 11) is -1.91. The van der Waals surface area contributed by atoms with E-state index in [1.807, 2.05) is 31.2 Å². The molecule has 2 aromatic rings. The van der Waals surface area contributed by atoms with Crippen LogP contribution in [0, 0.1) is 0 Å². The van der Waals surface area contributed by atoms with Crippen LogP contribution in [0.2, 0.25) is 0 Å². The van der Waals surface area contributed by atoms with Crippen molar-refractivity contribution in [3.63, 3.8) is 0 Å². The van der Waals surface area contributed by atoms with Crippen molar-refractivity contribution in [1.82, 2.24) is 5.32 Å². The molecule has 0 aliphatic heterocycles. The van der Waals surface area contributed by atoms with Gasteiger partial charge in [0.15, 0.2) is 0 Å². The number of amides is 1. The second kappa shape index (κ2) is 7.35. The Morgan fingerprint density at radius 2 is 1.71 bits per heavy atom. The third kappa shape index (κ3) is 4.48. The molecule has 6 nitrogen and oxygen atoms in total. The van der Waals surface area contributed by atoms with Gasteiger partial charge in [0.1, 0.15) is 5.75 Å². The van der Waals surface area contributed by atoms with Gasteiger partial charge in [-0.05, 0) is 25.1 Å². The number of benzene rings is 2. The first-order chi connectivity index (χ1) is 11.3. The second-order valence-electron chi connectivity index (χ2n) is 5.36. The highest BCUT2D eigenvalue weighted by atomic mass is 32.2. The molecule has 128 valence electrons. The number of sulfonamides is 1. The van der Waals surface area contributed by atoms with Gasteiger partial charge in [0.25, 0.3) is 5.91 Å². The molecule has 2 aromatic carbocycles. The third-order valence-corrected chi connectivity index (χ3v) is 4.01. The zero-order valence-corrected chi connectivity index (χ0v) is 14.6. The fraction of sp³-hybridized carbons (Fsp3) is 0.235. The standard InChI is InChI=1S/C17H20N2O4S/c1-12(13-8-5-7-11-16(13)23-2)18-17(20)14-9-4-6-10-15(14)19-24(3,21)22/h4-12,19H,1-3H3,(H,18,20)/t12-/m1/s1. The van der Waals surface area contributed by atoms with Crippen LogP contribution in [-0.4, -0.2) is 27.7 Å². The fourth-order valence-corrected chi connectivity index (χ4v) is 2.92. The van der Waals surface area contributed by atoms with Crippen LogP contribution >= 0.6 is 0 Å². The SMILES string of the molecule is COc1ccccc1[C@@H](C)NC(=O)c1ccccc1NS(C)(=O)=O. The molecule has 0 aliphatic carbocycles. The van der Waals surface area contributed by atoms with Crippen molar-refractivity contribution in [2.24, 2.45) is 0 Å². The van der Waals surface area contributed by atoms with Crippen molar-refractivity contribution >= 4 is 21.6 Å². The van der Waals surface area contributed by atoms with Crippen molar-refractivity contribution < 1.29 is 17.9 Å². The van der Waals surface area contributed by atoms with Crippen LogP contribution in [0.4, 0.5) is 5.69 Å². The molecule has 0 bridgehead atoms. The Kier molecular flexibility index (Phi) is 5.46. The molecule has 0 aromatic heterocycles. The van der Waals surface area contributed by atoms with E-state index >= 15 is 0 Å². The molecule has 0 spiro atoms. The highest BCUT2D eigenvalue weighted by molar-refractivity contribution is 7.92. The minimum absolute atomic E-state index is 0.240. The summed E-state index contributed by atoms with van der Waals surface area (Å²) in [5.74, 6) is 0.299. The predicted octanol–water partition coefficient (Wildman–Crippen LogP) is 2.56. The van der Waals surface area contributed by atoms with Gasteiger partial charge in [-0.25, -0.2) is 8.42 Å². The lowest BCUT2D eigenvalue weighted by atomic mass is 10.1. The summed E-state index contributed by atoms with van der Waals surface area (Å²) < 4.78 is 30.5. The van der Waals surface area contributed by atoms with Gasteiger partial charge in [-0.2, -0.15) is 0 Å². The number of methoxy groups -OCH3 is 1. The first-order valence-electron chi connectivity index (χ1n) is 7.32. The van der Waals surface area contributed by atoms with E-state index in [9.17, 15) is 13.2 Å². The summed E-state index contributed by atoms with van der Waals surface area (Å²) in [5, 5.41) is 2.86. The fourth-order valence-electron chi connectivity index (χ4n) is 2.35. The number of ether oxygens (including phenoxy) is 1. The summed E-state index contributed by atoms with van der Waals surface area (Å²) in [6.07, 6.45) is 1.04. The first-order valence-corrected chi connectivity index (χ1v) is 9.21. The van der Waals surface area contributed by atoms with Crippen LogP contribution < -0.4 is 14.8 Å². The van der Waals surface area contributed by atoms with Crippen molar-refractivity contribution in [2.75, 3.05) is 18.1 Å². The molecule has 0 radical (unpaired) electrons. The monoisotopic (exact) mass is 348 g/mol. The number of para-hydroxylation sites is 2. The van der Waals surface area contributed by atoms with E-state index in [4.69, 9.17) is 4.74 Å². The van der Waals surface area contributed by atoms with Gasteiger partial charge in [0.2, 0.25) is 10.0 Å². The smallest absolute Gasteiger partial charge is 0.253 e. The first kappa shape index (κ1) is 17.8. The van der Waals surface area contributed by atoms with Crippen molar-refractivity contribution in [1.29, 1.82) is 0 Å². The van der Waals surface area contributed by atoms with Crippen LogP contribution in [0.5, 0.6) is 5.75 Å². The summed E-state index contributed by atoms with van der Waals surface area (Å²) in [5.41, 5.74) is 1.33. The maximum atomic E-state index is 12.5. The molecule has 0 heterocycles. The highest BCUT2D eigenvalue weighted by Crippen LogP contribution is 2.25. The minimum atomic E-state index is -3.47. The quantitative estimate of drug-likeness (QED) is 0.840. The highest BCUT2D eigenvalue weighted by Gasteiger charge is 2.18. The maximum absolute atomic E-state index is 12.5. The van der Waals surface area contributed by atoms with E-state index in [0.717, 1.165) is 11.8 Å². The molecule has 7 heteroatoms. The molecular formula is C17H20N2O4S. The molecule has 2 N–H and O–H groups in total. The average Bonchev–Trinajstić information content (AvgIpc) is 2.53. The molecule has 0 saturated carbocycles. The maximum Gasteiger partial charge on any atom is 0.253 e. The van der Waals surface area contributed by atoms with Gasteiger partial charge in [-0.3, -0.25) is 9.52 Å². The molecule has 0 aliphatic rings. The Morgan fingerprint density at radius 3 is 2.38 bits per heavy atom. The number of carbonyl (C=O) groups excluding carboxylic acids is 1. The minimum Gasteiger partial charge on any atom is -0.496 e. The molecule has 2 rings (SSSR count). The van der Waals surface area contributed by atoms with E-state index in [1.54, 1.807) is 31.4 Å². The number of anilines is 1. The van der Waals surface area contributed by atoms with Crippen molar-refractivity contribution in [3.05, 3.63) is 59.7 Å². The van der Waals surface area contributed by atoms with E-state index in [-0.39, 0.29) is 23.2 Å². The molecule has 1 amide bonds. The van der Waals surface area contributed by atoms with Crippen LogP contribution in [0.15, 0.2) is 48.5 Å². The predicted molar refractivity (Wildman–Crippen MR) is 93.8 cm³/mol. The van der Waals surface area contributed by atoms with Crippen LogP contribution in [-0.2, 0) is 10.0 Å². The molecular weight excluding hydrogens is 328 g/mol. The van der Waals surface area contributed by atoms with Crippen LogP contribution in [0.1, 0.15) is 28.9 Å². The van der Waals surface area contributed by atoms with Gasteiger partial charge >= 0.3 is 0 Å². The summed E-state index contributed by atoms with van der Waals surface area (Å²) >= 11 is 0. The summed E-state index contributed by atoms with van der Waals surface area (Å²) in [6.45, 7) is 1.84. The summed E-state index contributed by atoms with van der Waals surface area (Å²) in [4.78, 5) is 12.5. The van der Waals surface area contributed by atoms with Crippen LogP contribution in [0.25, 0.3) is 0 Å². The number of nitrogens with one attached hydrogen (secondary N) is 2. The normalized spacial score (nSPS) is 12.3. The lowest BCUT2D eigenvalue weighted by Crippen LogP contribution is -2.28. The van der Waals surface area contributed by atoms with Gasteiger partial charge < -0.3 is 10.1 Å². The average molecular weight is 348 g/mol. The van der Waals surface area contributed by atoms with Gasteiger partial charge in [-0.15, -0.1) is 0 Å². The molecule has 0 fully saturated rings. The Bertz CT molecular complexity index is 834. The van der Waals surface area contributed by atoms with Crippen molar-refractivity contribution in [2.45, 2.75) is 13.0 Å². The number of rotatable bonds is 6.